The van der Waals surface area contributed by atoms with Crippen molar-refractivity contribution in [1.29, 1.82) is 0 Å². The second kappa shape index (κ2) is 7.63. The van der Waals surface area contributed by atoms with Crippen LogP contribution in [0, 0.1) is 17.4 Å². The summed E-state index contributed by atoms with van der Waals surface area (Å²) in [6.07, 6.45) is 0. The van der Waals surface area contributed by atoms with E-state index >= 15 is 0 Å². The predicted octanol–water partition coefficient (Wildman–Crippen LogP) is 4.21. The molecule has 134 valence electrons. The molecule has 1 heterocycles. The molecule has 0 aliphatic heterocycles. The molecule has 7 heteroatoms. The van der Waals surface area contributed by atoms with Gasteiger partial charge in [0.1, 0.15) is 5.69 Å². The number of nitrogens with zero attached hydrogens (tertiary/aromatic N) is 2. The van der Waals surface area contributed by atoms with Crippen LogP contribution in [0.25, 0.3) is 5.69 Å². The molecular weight excluding hydrogens is 459 g/mol. The van der Waals surface area contributed by atoms with Crippen LogP contribution in [0.15, 0.2) is 53.3 Å². The Kier molecular flexibility index (Phi) is 5.47. The first-order chi connectivity index (χ1) is 12.4. The van der Waals surface area contributed by atoms with Gasteiger partial charge < -0.3 is 10.6 Å². The molecule has 0 spiro atoms. The van der Waals surface area contributed by atoms with E-state index < -0.39 is 0 Å². The van der Waals surface area contributed by atoms with Crippen molar-refractivity contribution in [3.8, 4) is 5.69 Å². The lowest BCUT2D eigenvalue weighted by Crippen LogP contribution is -2.25. The average molecular weight is 478 g/mol. The largest absolute Gasteiger partial charge is 0.332 e. The van der Waals surface area contributed by atoms with Gasteiger partial charge in [-0.2, -0.15) is 0 Å². The highest BCUT2D eigenvalue weighted by Gasteiger charge is 2.17. The number of hydrogen-bond donors (Lipinski definition) is 2. The Balaban J connectivity index is 1.88. The maximum absolute atomic E-state index is 12.9. The Hall–Kier alpha value is -2.13. The second-order valence-corrected chi connectivity index (χ2v) is 7.63. The first-order valence-corrected chi connectivity index (χ1v) is 9.55. The Labute approximate surface area is 171 Å². The van der Waals surface area contributed by atoms with Gasteiger partial charge in [0.15, 0.2) is 5.11 Å². The fraction of sp³-hybridized carbons (Fsp3) is 0.158. The van der Waals surface area contributed by atoms with Gasteiger partial charge in [-0.1, -0.05) is 18.2 Å². The molecule has 0 aliphatic carbocycles. The van der Waals surface area contributed by atoms with Crippen molar-refractivity contribution in [3.05, 3.63) is 73.7 Å². The summed E-state index contributed by atoms with van der Waals surface area (Å²) < 4.78 is 4.60. The van der Waals surface area contributed by atoms with Crippen molar-refractivity contribution < 1.29 is 0 Å². The standard InChI is InChI=1S/C19H19IN4OS/c1-12-11-14(20)9-10-16(12)21-19(26)22-17-13(2)23(3)24(18(17)25)15-7-5-4-6-8-15/h4-11H,1-3H3,(H2,21,22,26). The third-order valence-corrected chi connectivity index (χ3v) is 5.10. The number of aryl methyl sites for hydroxylation is 1. The number of anilines is 2. The third kappa shape index (κ3) is 3.68. The van der Waals surface area contributed by atoms with Crippen LogP contribution in [-0.2, 0) is 7.05 Å². The van der Waals surface area contributed by atoms with Crippen LogP contribution < -0.4 is 16.2 Å². The number of hydrogen-bond acceptors (Lipinski definition) is 2. The molecule has 2 N–H and O–H groups in total. The summed E-state index contributed by atoms with van der Waals surface area (Å²) in [6, 6.07) is 15.6. The predicted molar refractivity (Wildman–Crippen MR) is 119 cm³/mol. The second-order valence-electron chi connectivity index (χ2n) is 5.97. The first kappa shape index (κ1) is 18.7. The number of rotatable bonds is 3. The minimum absolute atomic E-state index is 0.139. The van der Waals surface area contributed by atoms with Crippen molar-refractivity contribution >= 4 is 51.3 Å². The molecule has 2 aromatic carbocycles. The molecule has 0 fully saturated rings. The quantitative estimate of drug-likeness (QED) is 0.438. The van der Waals surface area contributed by atoms with Crippen molar-refractivity contribution in [3.63, 3.8) is 0 Å². The third-order valence-electron chi connectivity index (χ3n) is 4.23. The Morgan fingerprint density at radius 1 is 1.08 bits per heavy atom. The molecule has 0 unspecified atom stereocenters. The van der Waals surface area contributed by atoms with E-state index in [4.69, 9.17) is 12.2 Å². The molecule has 0 saturated heterocycles. The fourth-order valence-corrected chi connectivity index (χ4v) is 3.61. The number of aromatic nitrogens is 2. The fourth-order valence-electron chi connectivity index (χ4n) is 2.75. The lowest BCUT2D eigenvalue weighted by atomic mass is 10.2. The summed E-state index contributed by atoms with van der Waals surface area (Å²) in [7, 11) is 1.86. The average Bonchev–Trinajstić information content (AvgIpc) is 2.82. The molecule has 5 nitrogen and oxygen atoms in total. The molecule has 3 aromatic rings. The van der Waals surface area contributed by atoms with E-state index in [1.165, 1.54) is 0 Å². The zero-order valence-corrected chi connectivity index (χ0v) is 17.7. The topological polar surface area (TPSA) is 51.0 Å². The lowest BCUT2D eigenvalue weighted by Gasteiger charge is -2.12. The number of benzene rings is 2. The number of halogens is 1. The van der Waals surface area contributed by atoms with E-state index in [-0.39, 0.29) is 5.56 Å². The Bertz CT molecular complexity index is 1020. The van der Waals surface area contributed by atoms with Crippen LogP contribution in [0.4, 0.5) is 11.4 Å². The highest BCUT2D eigenvalue weighted by atomic mass is 127. The van der Waals surface area contributed by atoms with E-state index in [1.54, 1.807) is 4.68 Å². The SMILES string of the molecule is Cc1cc(I)ccc1NC(=S)Nc1c(C)n(C)n(-c2ccccc2)c1=O. The Morgan fingerprint density at radius 3 is 2.42 bits per heavy atom. The maximum atomic E-state index is 12.9. The molecular formula is C19H19IN4OS. The van der Waals surface area contributed by atoms with Gasteiger partial charge in [0, 0.05) is 16.3 Å². The van der Waals surface area contributed by atoms with Crippen LogP contribution in [-0.4, -0.2) is 14.5 Å². The van der Waals surface area contributed by atoms with Crippen molar-refractivity contribution in [2.24, 2.45) is 7.05 Å². The summed E-state index contributed by atoms with van der Waals surface area (Å²) in [6.45, 7) is 3.91. The highest BCUT2D eigenvalue weighted by molar-refractivity contribution is 14.1. The summed E-state index contributed by atoms with van der Waals surface area (Å²) in [5.74, 6) is 0. The molecule has 0 saturated carbocycles. The zero-order valence-electron chi connectivity index (χ0n) is 14.7. The summed E-state index contributed by atoms with van der Waals surface area (Å²) >= 11 is 7.69. The van der Waals surface area contributed by atoms with Crippen molar-refractivity contribution in [2.45, 2.75) is 13.8 Å². The van der Waals surface area contributed by atoms with E-state index in [9.17, 15) is 4.79 Å². The molecule has 0 amide bonds. The molecule has 3 rings (SSSR count). The van der Waals surface area contributed by atoms with Gasteiger partial charge >= 0.3 is 0 Å². The molecule has 0 radical (unpaired) electrons. The molecule has 0 atom stereocenters. The summed E-state index contributed by atoms with van der Waals surface area (Å²) in [5, 5.41) is 6.62. The van der Waals surface area contributed by atoms with Gasteiger partial charge in [-0.05, 0) is 84.6 Å². The van der Waals surface area contributed by atoms with E-state index in [0.717, 1.165) is 26.2 Å². The van der Waals surface area contributed by atoms with E-state index in [0.29, 0.717) is 10.8 Å². The number of para-hydroxylation sites is 1. The van der Waals surface area contributed by atoms with Gasteiger partial charge in [-0.3, -0.25) is 9.48 Å². The van der Waals surface area contributed by atoms with Gasteiger partial charge in [0.25, 0.3) is 5.56 Å². The minimum Gasteiger partial charge on any atom is -0.332 e. The van der Waals surface area contributed by atoms with Gasteiger partial charge in [0.05, 0.1) is 11.4 Å². The smallest absolute Gasteiger partial charge is 0.295 e. The monoisotopic (exact) mass is 478 g/mol. The van der Waals surface area contributed by atoms with Gasteiger partial charge in [0.2, 0.25) is 0 Å². The van der Waals surface area contributed by atoms with Gasteiger partial charge in [-0.25, -0.2) is 4.68 Å². The zero-order chi connectivity index (χ0) is 18.8. The normalized spacial score (nSPS) is 10.6. The van der Waals surface area contributed by atoms with Gasteiger partial charge in [-0.15, -0.1) is 0 Å². The lowest BCUT2D eigenvalue weighted by molar-refractivity contribution is 0.630. The molecule has 0 aliphatic rings. The van der Waals surface area contributed by atoms with Crippen molar-refractivity contribution in [1.82, 2.24) is 9.36 Å². The summed E-state index contributed by atoms with van der Waals surface area (Å²) in [4.78, 5) is 12.9. The molecule has 1 aromatic heterocycles. The Morgan fingerprint density at radius 2 is 1.77 bits per heavy atom. The van der Waals surface area contributed by atoms with Crippen molar-refractivity contribution in [2.75, 3.05) is 10.6 Å². The van der Waals surface area contributed by atoms with Crippen LogP contribution in [0.5, 0.6) is 0 Å². The van der Waals surface area contributed by atoms with E-state index in [2.05, 4.69) is 39.3 Å². The summed E-state index contributed by atoms with van der Waals surface area (Å²) in [5.41, 5.74) is 3.95. The highest BCUT2D eigenvalue weighted by Crippen LogP contribution is 2.19. The maximum Gasteiger partial charge on any atom is 0.295 e. The van der Waals surface area contributed by atoms with Crippen LogP contribution in [0.2, 0.25) is 0 Å². The number of nitrogens with one attached hydrogen (secondary N) is 2. The molecule has 26 heavy (non-hydrogen) atoms. The van der Waals surface area contributed by atoms with E-state index in [1.807, 2.05) is 68.0 Å². The minimum atomic E-state index is -0.139. The molecule has 0 bridgehead atoms. The first-order valence-electron chi connectivity index (χ1n) is 8.06. The van der Waals surface area contributed by atoms with Crippen LogP contribution in [0.1, 0.15) is 11.3 Å². The number of thiocarbonyl (C=S) groups is 1. The van der Waals surface area contributed by atoms with Crippen LogP contribution >= 0.6 is 34.8 Å². The van der Waals surface area contributed by atoms with Crippen LogP contribution in [0.3, 0.4) is 0 Å².